The van der Waals surface area contributed by atoms with Gasteiger partial charge in [0.05, 0.1) is 17.6 Å². The standard InChI is InChI=1S/C27H23ClN2O2/c28-22-11-14-23(15-12-22)31-17-5-16-30-26-9-4-3-8-25(26)29-27(30)19-32-24-13-10-20-6-1-2-7-21(20)18-24/h1-4,6-15,18H,5,16-17,19H2. The summed E-state index contributed by atoms with van der Waals surface area (Å²) in [6.07, 6.45) is 0.853. The molecule has 160 valence electrons. The molecule has 0 fully saturated rings. The number of ether oxygens (including phenoxy) is 2. The van der Waals surface area contributed by atoms with Crippen LogP contribution >= 0.6 is 11.6 Å². The minimum absolute atomic E-state index is 0.408. The molecule has 4 aromatic carbocycles. The molecule has 1 aromatic heterocycles. The van der Waals surface area contributed by atoms with Crippen molar-refractivity contribution in [1.29, 1.82) is 0 Å². The van der Waals surface area contributed by atoms with Gasteiger partial charge in [0.1, 0.15) is 23.9 Å². The highest BCUT2D eigenvalue weighted by Gasteiger charge is 2.11. The predicted molar refractivity (Wildman–Crippen MR) is 130 cm³/mol. The van der Waals surface area contributed by atoms with Crippen molar-refractivity contribution in [2.24, 2.45) is 0 Å². The third-order valence-corrected chi connectivity index (χ3v) is 5.68. The predicted octanol–water partition coefficient (Wildman–Crippen LogP) is 6.89. The number of hydrogen-bond acceptors (Lipinski definition) is 3. The van der Waals surface area contributed by atoms with E-state index >= 15 is 0 Å². The molecule has 5 aromatic rings. The first kappa shape index (κ1) is 20.4. The first-order valence-corrected chi connectivity index (χ1v) is 11.1. The number of fused-ring (bicyclic) bond motifs is 2. The van der Waals surface area contributed by atoms with Crippen molar-refractivity contribution in [1.82, 2.24) is 9.55 Å². The molecule has 0 N–H and O–H groups in total. The Kier molecular flexibility index (Phi) is 5.95. The van der Waals surface area contributed by atoms with Gasteiger partial charge >= 0.3 is 0 Å². The maximum Gasteiger partial charge on any atom is 0.147 e. The molecule has 0 amide bonds. The Labute approximate surface area is 192 Å². The zero-order valence-electron chi connectivity index (χ0n) is 17.6. The molecule has 0 atom stereocenters. The molecule has 5 rings (SSSR count). The van der Waals surface area contributed by atoms with Crippen molar-refractivity contribution >= 4 is 33.4 Å². The van der Waals surface area contributed by atoms with Crippen LogP contribution in [0.5, 0.6) is 11.5 Å². The number of imidazole rings is 1. The highest BCUT2D eigenvalue weighted by Crippen LogP contribution is 2.23. The second-order valence-electron chi connectivity index (χ2n) is 7.62. The maximum atomic E-state index is 6.13. The van der Waals surface area contributed by atoms with E-state index in [1.165, 1.54) is 5.39 Å². The maximum absolute atomic E-state index is 6.13. The molecule has 0 unspecified atom stereocenters. The Balaban J connectivity index is 1.29. The van der Waals surface area contributed by atoms with Crippen molar-refractivity contribution in [3.05, 3.63) is 102 Å². The molecule has 0 aliphatic heterocycles. The minimum Gasteiger partial charge on any atom is -0.494 e. The van der Waals surface area contributed by atoms with Gasteiger partial charge in [0.2, 0.25) is 0 Å². The van der Waals surface area contributed by atoms with Gasteiger partial charge in [0.15, 0.2) is 0 Å². The van der Waals surface area contributed by atoms with E-state index in [1.54, 1.807) is 0 Å². The molecule has 0 spiro atoms. The molecule has 5 heteroatoms. The Morgan fingerprint density at radius 1 is 0.750 bits per heavy atom. The fraction of sp³-hybridized carbons (Fsp3) is 0.148. The topological polar surface area (TPSA) is 36.3 Å². The average molecular weight is 443 g/mol. The lowest BCUT2D eigenvalue weighted by Crippen LogP contribution is -2.10. The third kappa shape index (κ3) is 4.56. The molecule has 0 aliphatic carbocycles. The van der Waals surface area contributed by atoms with E-state index in [9.17, 15) is 0 Å². The summed E-state index contributed by atoms with van der Waals surface area (Å²) in [4.78, 5) is 4.82. The lowest BCUT2D eigenvalue weighted by molar-refractivity contribution is 0.280. The summed E-state index contributed by atoms with van der Waals surface area (Å²) >= 11 is 5.94. The Morgan fingerprint density at radius 2 is 1.50 bits per heavy atom. The zero-order valence-corrected chi connectivity index (χ0v) is 18.3. The van der Waals surface area contributed by atoms with Crippen LogP contribution in [0.3, 0.4) is 0 Å². The lowest BCUT2D eigenvalue weighted by Gasteiger charge is -2.12. The minimum atomic E-state index is 0.408. The fourth-order valence-electron chi connectivity index (χ4n) is 3.83. The van der Waals surface area contributed by atoms with E-state index in [-0.39, 0.29) is 0 Å². The van der Waals surface area contributed by atoms with E-state index in [0.717, 1.165) is 46.7 Å². The fourth-order valence-corrected chi connectivity index (χ4v) is 3.96. The van der Waals surface area contributed by atoms with Gasteiger partial charge in [-0.15, -0.1) is 0 Å². The molecule has 0 saturated heterocycles. The van der Waals surface area contributed by atoms with E-state index in [0.29, 0.717) is 18.2 Å². The van der Waals surface area contributed by atoms with E-state index < -0.39 is 0 Å². The molecular weight excluding hydrogens is 420 g/mol. The van der Waals surface area contributed by atoms with E-state index in [2.05, 4.69) is 34.9 Å². The number of halogens is 1. The molecule has 0 aliphatic rings. The van der Waals surface area contributed by atoms with Crippen LogP contribution in [0.1, 0.15) is 12.2 Å². The zero-order chi connectivity index (χ0) is 21.8. The number of para-hydroxylation sites is 2. The average Bonchev–Trinajstić information content (AvgIpc) is 3.19. The monoisotopic (exact) mass is 442 g/mol. The smallest absolute Gasteiger partial charge is 0.147 e. The van der Waals surface area contributed by atoms with Crippen molar-refractivity contribution < 1.29 is 9.47 Å². The van der Waals surface area contributed by atoms with Crippen LogP contribution in [-0.4, -0.2) is 16.2 Å². The van der Waals surface area contributed by atoms with Gasteiger partial charge < -0.3 is 14.0 Å². The van der Waals surface area contributed by atoms with Gasteiger partial charge in [-0.2, -0.15) is 0 Å². The largest absolute Gasteiger partial charge is 0.494 e. The van der Waals surface area contributed by atoms with Gasteiger partial charge in [-0.25, -0.2) is 4.98 Å². The highest BCUT2D eigenvalue weighted by molar-refractivity contribution is 6.30. The summed E-state index contributed by atoms with van der Waals surface area (Å²) in [7, 11) is 0. The summed E-state index contributed by atoms with van der Waals surface area (Å²) in [5, 5.41) is 3.07. The molecule has 4 nitrogen and oxygen atoms in total. The molecule has 0 radical (unpaired) electrons. The Hall–Kier alpha value is -3.50. The third-order valence-electron chi connectivity index (χ3n) is 5.43. The molecule has 1 heterocycles. The van der Waals surface area contributed by atoms with Gasteiger partial charge in [0.25, 0.3) is 0 Å². The van der Waals surface area contributed by atoms with Crippen LogP contribution in [0.4, 0.5) is 0 Å². The van der Waals surface area contributed by atoms with Crippen LogP contribution in [0.15, 0.2) is 91.0 Å². The summed E-state index contributed by atoms with van der Waals surface area (Å²) < 4.78 is 14.2. The number of nitrogens with zero attached hydrogens (tertiary/aromatic N) is 2. The number of aryl methyl sites for hydroxylation is 1. The van der Waals surface area contributed by atoms with Crippen molar-refractivity contribution in [2.75, 3.05) is 6.61 Å². The number of hydrogen-bond donors (Lipinski definition) is 0. The summed E-state index contributed by atoms with van der Waals surface area (Å²) in [6, 6.07) is 30.1. The van der Waals surface area contributed by atoms with Crippen LogP contribution in [0, 0.1) is 0 Å². The van der Waals surface area contributed by atoms with Gasteiger partial charge in [-0.3, -0.25) is 0 Å². The van der Waals surface area contributed by atoms with Crippen LogP contribution < -0.4 is 9.47 Å². The van der Waals surface area contributed by atoms with E-state index in [1.807, 2.05) is 60.7 Å². The summed E-state index contributed by atoms with van der Waals surface area (Å²) in [5.41, 5.74) is 2.08. The van der Waals surface area contributed by atoms with Crippen molar-refractivity contribution in [3.63, 3.8) is 0 Å². The van der Waals surface area contributed by atoms with Crippen molar-refractivity contribution in [3.8, 4) is 11.5 Å². The SMILES string of the molecule is Clc1ccc(OCCCn2c(COc3ccc4ccccc4c3)nc3ccccc32)cc1. The number of rotatable bonds is 8. The number of benzene rings is 4. The normalized spacial score (nSPS) is 11.2. The Morgan fingerprint density at radius 3 is 2.38 bits per heavy atom. The quantitative estimate of drug-likeness (QED) is 0.245. The van der Waals surface area contributed by atoms with Crippen LogP contribution in [0.25, 0.3) is 21.8 Å². The molecular formula is C27H23ClN2O2. The lowest BCUT2D eigenvalue weighted by atomic mass is 10.1. The molecule has 0 bridgehead atoms. The van der Waals surface area contributed by atoms with Gasteiger partial charge in [-0.1, -0.05) is 54.1 Å². The van der Waals surface area contributed by atoms with Gasteiger partial charge in [-0.05, 0) is 65.7 Å². The summed E-state index contributed by atoms with van der Waals surface area (Å²) in [5.74, 6) is 2.57. The second kappa shape index (κ2) is 9.33. The first-order valence-electron chi connectivity index (χ1n) is 10.7. The highest BCUT2D eigenvalue weighted by atomic mass is 35.5. The molecule has 0 saturated carbocycles. The first-order chi connectivity index (χ1) is 15.8. The van der Waals surface area contributed by atoms with Crippen LogP contribution in [-0.2, 0) is 13.2 Å². The molecule has 32 heavy (non-hydrogen) atoms. The van der Waals surface area contributed by atoms with Crippen molar-refractivity contribution in [2.45, 2.75) is 19.6 Å². The van der Waals surface area contributed by atoms with Gasteiger partial charge in [0, 0.05) is 11.6 Å². The Bertz CT molecular complexity index is 1350. The van der Waals surface area contributed by atoms with E-state index in [4.69, 9.17) is 26.1 Å². The number of aromatic nitrogens is 2. The second-order valence-corrected chi connectivity index (χ2v) is 8.06. The van der Waals surface area contributed by atoms with Crippen LogP contribution in [0.2, 0.25) is 5.02 Å². The summed E-state index contributed by atoms with van der Waals surface area (Å²) in [6.45, 7) is 1.81.